The Morgan fingerprint density at radius 2 is 1.72 bits per heavy atom. The first kappa shape index (κ1) is 17.1. The van der Waals surface area contributed by atoms with Gasteiger partial charge in [-0.1, -0.05) is 23.8 Å². The fourth-order valence-corrected chi connectivity index (χ4v) is 2.95. The Kier molecular flexibility index (Phi) is 4.83. The third-order valence-electron chi connectivity index (χ3n) is 4.75. The van der Waals surface area contributed by atoms with Crippen molar-refractivity contribution in [2.45, 2.75) is 25.2 Å². The van der Waals surface area contributed by atoms with Gasteiger partial charge in [0.15, 0.2) is 11.5 Å². The Morgan fingerprint density at radius 1 is 1.04 bits per heavy atom. The number of methoxy groups -OCH3 is 2. The number of ether oxygens (including phenoxy) is 2. The van der Waals surface area contributed by atoms with Crippen LogP contribution in [0, 0.1) is 6.92 Å². The maximum absolute atomic E-state index is 12.2. The lowest BCUT2D eigenvalue weighted by molar-refractivity contribution is 0.251. The number of urea groups is 1. The molecule has 5 heteroatoms. The number of hydrogen-bond donors (Lipinski definition) is 2. The van der Waals surface area contributed by atoms with Crippen LogP contribution in [0.1, 0.15) is 24.0 Å². The zero-order valence-corrected chi connectivity index (χ0v) is 14.9. The first-order valence-electron chi connectivity index (χ1n) is 8.40. The van der Waals surface area contributed by atoms with Crippen LogP contribution in [0.4, 0.5) is 10.5 Å². The number of anilines is 1. The van der Waals surface area contributed by atoms with E-state index in [0.29, 0.717) is 12.3 Å². The molecule has 2 aromatic rings. The predicted octanol–water partition coefficient (Wildman–Crippen LogP) is 3.87. The van der Waals surface area contributed by atoms with Gasteiger partial charge in [0.25, 0.3) is 0 Å². The Labute approximate surface area is 148 Å². The van der Waals surface area contributed by atoms with Gasteiger partial charge >= 0.3 is 6.03 Å². The third kappa shape index (κ3) is 3.87. The quantitative estimate of drug-likeness (QED) is 0.839. The zero-order valence-electron chi connectivity index (χ0n) is 14.9. The zero-order chi connectivity index (χ0) is 17.9. The lowest BCUT2D eigenvalue weighted by Crippen LogP contribution is -2.35. The number of rotatable bonds is 6. The van der Waals surface area contributed by atoms with Crippen LogP contribution >= 0.6 is 0 Å². The normalized spacial score (nSPS) is 14.5. The summed E-state index contributed by atoms with van der Waals surface area (Å²) < 4.78 is 10.7. The number of nitrogens with one attached hydrogen (secondary N) is 2. The molecule has 132 valence electrons. The number of carbonyl (C=O) groups is 1. The van der Waals surface area contributed by atoms with Crippen LogP contribution in [0.2, 0.25) is 0 Å². The monoisotopic (exact) mass is 340 g/mol. The van der Waals surface area contributed by atoms with Crippen LogP contribution in [0.3, 0.4) is 0 Å². The molecule has 0 spiro atoms. The van der Waals surface area contributed by atoms with Crippen molar-refractivity contribution >= 4 is 11.7 Å². The fraction of sp³-hybridized carbons (Fsp3) is 0.350. The molecule has 25 heavy (non-hydrogen) atoms. The number of benzene rings is 2. The summed E-state index contributed by atoms with van der Waals surface area (Å²) in [6.45, 7) is 2.62. The van der Waals surface area contributed by atoms with Gasteiger partial charge in [-0.15, -0.1) is 0 Å². The molecular formula is C20H24N2O3. The second-order valence-corrected chi connectivity index (χ2v) is 6.52. The number of hydrogen-bond acceptors (Lipinski definition) is 3. The molecule has 0 radical (unpaired) electrons. The van der Waals surface area contributed by atoms with Crippen molar-refractivity contribution in [3.63, 3.8) is 0 Å². The Bertz CT molecular complexity index is 752. The molecule has 3 rings (SSSR count). The molecule has 0 aliphatic heterocycles. The van der Waals surface area contributed by atoms with E-state index in [2.05, 4.69) is 10.6 Å². The van der Waals surface area contributed by atoms with Gasteiger partial charge in [0.1, 0.15) is 0 Å². The second kappa shape index (κ2) is 7.05. The number of aryl methyl sites for hydroxylation is 1. The van der Waals surface area contributed by atoms with E-state index in [1.165, 1.54) is 5.56 Å². The Morgan fingerprint density at radius 3 is 2.32 bits per heavy atom. The van der Waals surface area contributed by atoms with Gasteiger partial charge < -0.3 is 20.1 Å². The van der Waals surface area contributed by atoms with E-state index in [1.54, 1.807) is 14.2 Å². The summed E-state index contributed by atoms with van der Waals surface area (Å²) in [6, 6.07) is 13.5. The highest BCUT2D eigenvalue weighted by atomic mass is 16.5. The maximum Gasteiger partial charge on any atom is 0.319 e. The second-order valence-electron chi connectivity index (χ2n) is 6.52. The van der Waals surface area contributed by atoms with Crippen LogP contribution in [0.5, 0.6) is 11.5 Å². The summed E-state index contributed by atoms with van der Waals surface area (Å²) in [5, 5.41) is 5.86. The van der Waals surface area contributed by atoms with E-state index in [9.17, 15) is 4.79 Å². The van der Waals surface area contributed by atoms with Crippen LogP contribution in [-0.4, -0.2) is 26.8 Å². The first-order chi connectivity index (χ1) is 12.1. The molecule has 2 N–H and O–H groups in total. The summed E-state index contributed by atoms with van der Waals surface area (Å²) in [6.07, 6.45) is 2.10. The molecule has 1 saturated carbocycles. The number of carbonyl (C=O) groups excluding carboxylic acids is 1. The van der Waals surface area contributed by atoms with Crippen molar-refractivity contribution in [2.75, 3.05) is 26.1 Å². The molecule has 2 aromatic carbocycles. The smallest absolute Gasteiger partial charge is 0.319 e. The highest BCUT2D eigenvalue weighted by Crippen LogP contribution is 2.49. The van der Waals surface area contributed by atoms with Gasteiger partial charge in [-0.2, -0.15) is 0 Å². The molecule has 0 atom stereocenters. The van der Waals surface area contributed by atoms with Crippen molar-refractivity contribution in [2.24, 2.45) is 0 Å². The minimum absolute atomic E-state index is 0.00975. The molecule has 0 heterocycles. The summed E-state index contributed by atoms with van der Waals surface area (Å²) in [4.78, 5) is 12.2. The summed E-state index contributed by atoms with van der Waals surface area (Å²) >= 11 is 0. The van der Waals surface area contributed by atoms with Crippen molar-refractivity contribution in [1.29, 1.82) is 0 Å². The van der Waals surface area contributed by atoms with Crippen molar-refractivity contribution in [1.82, 2.24) is 5.32 Å². The standard InChI is InChI=1S/C20H24N2O3/c1-14-4-7-16(8-5-14)22-19(23)21-13-20(10-11-20)15-6-9-17(24-2)18(12-15)25-3/h4-9,12H,10-11,13H2,1-3H3,(H2,21,22,23). The summed E-state index contributed by atoms with van der Waals surface area (Å²) in [5.41, 5.74) is 3.11. The SMILES string of the molecule is COc1ccc(C2(CNC(=O)Nc3ccc(C)cc3)CC2)cc1OC. The van der Waals surface area contributed by atoms with Gasteiger partial charge in [0.2, 0.25) is 0 Å². The molecule has 5 nitrogen and oxygen atoms in total. The Hall–Kier alpha value is -2.69. The van der Waals surface area contributed by atoms with Crippen molar-refractivity contribution in [3.8, 4) is 11.5 Å². The van der Waals surface area contributed by atoms with Gasteiger partial charge in [-0.3, -0.25) is 0 Å². The fourth-order valence-electron chi connectivity index (χ4n) is 2.95. The van der Waals surface area contributed by atoms with Crippen LogP contribution in [-0.2, 0) is 5.41 Å². The van der Waals surface area contributed by atoms with Gasteiger partial charge in [-0.05, 0) is 49.6 Å². The van der Waals surface area contributed by atoms with E-state index in [-0.39, 0.29) is 11.4 Å². The average Bonchev–Trinajstić information content (AvgIpc) is 3.42. The molecular weight excluding hydrogens is 316 g/mol. The van der Waals surface area contributed by atoms with Gasteiger partial charge in [0.05, 0.1) is 14.2 Å². The highest BCUT2D eigenvalue weighted by molar-refractivity contribution is 5.89. The molecule has 1 aliphatic carbocycles. The topological polar surface area (TPSA) is 59.6 Å². The van der Waals surface area contributed by atoms with Gasteiger partial charge in [-0.25, -0.2) is 4.79 Å². The molecule has 2 amide bonds. The lowest BCUT2D eigenvalue weighted by atomic mass is 9.95. The maximum atomic E-state index is 12.2. The van der Waals surface area contributed by atoms with E-state index >= 15 is 0 Å². The third-order valence-corrected chi connectivity index (χ3v) is 4.75. The van der Waals surface area contributed by atoms with Crippen molar-refractivity contribution in [3.05, 3.63) is 53.6 Å². The van der Waals surface area contributed by atoms with Crippen LogP contribution in [0.15, 0.2) is 42.5 Å². The summed E-state index contributed by atoms with van der Waals surface area (Å²) in [7, 11) is 3.26. The number of amides is 2. The van der Waals surface area contributed by atoms with E-state index in [0.717, 1.165) is 29.8 Å². The minimum Gasteiger partial charge on any atom is -0.493 e. The van der Waals surface area contributed by atoms with Crippen molar-refractivity contribution < 1.29 is 14.3 Å². The molecule has 0 unspecified atom stereocenters. The van der Waals surface area contributed by atoms with E-state index in [1.807, 2.05) is 49.4 Å². The van der Waals surface area contributed by atoms with E-state index in [4.69, 9.17) is 9.47 Å². The lowest BCUT2D eigenvalue weighted by Gasteiger charge is -2.19. The molecule has 0 saturated heterocycles. The van der Waals surface area contributed by atoms with Crippen LogP contribution < -0.4 is 20.1 Å². The van der Waals surface area contributed by atoms with E-state index < -0.39 is 0 Å². The molecule has 0 bridgehead atoms. The molecule has 1 aliphatic rings. The first-order valence-corrected chi connectivity index (χ1v) is 8.40. The Balaban J connectivity index is 1.62. The molecule has 0 aromatic heterocycles. The summed E-state index contributed by atoms with van der Waals surface area (Å²) in [5.74, 6) is 1.43. The average molecular weight is 340 g/mol. The largest absolute Gasteiger partial charge is 0.493 e. The van der Waals surface area contributed by atoms with Gasteiger partial charge in [0, 0.05) is 17.6 Å². The van der Waals surface area contributed by atoms with Crippen LogP contribution in [0.25, 0.3) is 0 Å². The highest BCUT2D eigenvalue weighted by Gasteiger charge is 2.44. The predicted molar refractivity (Wildman–Crippen MR) is 98.7 cm³/mol. The molecule has 1 fully saturated rings. The minimum atomic E-state index is -0.185.